The summed E-state index contributed by atoms with van der Waals surface area (Å²) in [5.74, 6) is -0.709. The van der Waals surface area contributed by atoms with E-state index in [1.54, 1.807) is 31.5 Å². The molecule has 3 aromatic rings. The number of ether oxygens (including phenoxy) is 2. The quantitative estimate of drug-likeness (QED) is 0.289. The van der Waals surface area contributed by atoms with Gasteiger partial charge in [-0.1, -0.05) is 49.9 Å². The Hall–Kier alpha value is -4.60. The molecule has 2 aromatic heterocycles. The molecule has 8 nitrogen and oxygen atoms in total. The Morgan fingerprint density at radius 3 is 2.44 bits per heavy atom. The summed E-state index contributed by atoms with van der Waals surface area (Å²) in [6, 6.07) is 19.2. The van der Waals surface area contributed by atoms with Crippen molar-refractivity contribution in [2.75, 3.05) is 12.4 Å². The van der Waals surface area contributed by atoms with E-state index in [9.17, 15) is 15.3 Å². The third kappa shape index (κ3) is 5.95. The highest BCUT2D eigenvalue weighted by atomic mass is 32.2. The summed E-state index contributed by atoms with van der Waals surface area (Å²) in [4.78, 5) is 22.0. The van der Waals surface area contributed by atoms with Crippen molar-refractivity contribution in [2.45, 2.75) is 37.6 Å². The number of allylic oxidation sites excluding steroid dienone is 1. The summed E-state index contributed by atoms with van der Waals surface area (Å²) >= 11 is 1.24. The molecule has 0 fully saturated rings. The minimum Gasteiger partial charge on any atom is -0.463 e. The van der Waals surface area contributed by atoms with Crippen molar-refractivity contribution in [1.82, 2.24) is 9.97 Å². The molecule has 1 atom stereocenters. The molecule has 3 heterocycles. The number of carbonyl (C=O) groups is 1. The lowest BCUT2D eigenvalue weighted by Crippen LogP contribution is -2.27. The van der Waals surface area contributed by atoms with Gasteiger partial charge in [0, 0.05) is 18.0 Å². The molecule has 4 rings (SSSR count). The second-order valence-corrected chi connectivity index (χ2v) is 9.95. The van der Waals surface area contributed by atoms with Crippen LogP contribution in [0.1, 0.15) is 49.3 Å². The predicted molar refractivity (Wildman–Crippen MR) is 148 cm³/mol. The minimum absolute atomic E-state index is 0.0712. The predicted octanol–water partition coefficient (Wildman–Crippen LogP) is 5.56. The van der Waals surface area contributed by atoms with Crippen molar-refractivity contribution >= 4 is 17.7 Å². The summed E-state index contributed by atoms with van der Waals surface area (Å²) in [6.45, 7) is 6.05. The molecule has 1 aliphatic rings. The summed E-state index contributed by atoms with van der Waals surface area (Å²) in [7, 11) is 0. The van der Waals surface area contributed by atoms with Gasteiger partial charge in [-0.05, 0) is 48.2 Å². The third-order valence-electron chi connectivity index (χ3n) is 6.23. The first-order valence-corrected chi connectivity index (χ1v) is 13.4. The second-order valence-electron chi connectivity index (χ2n) is 8.99. The van der Waals surface area contributed by atoms with E-state index in [0.29, 0.717) is 22.2 Å². The number of rotatable bonds is 8. The Morgan fingerprint density at radius 1 is 1.10 bits per heavy atom. The van der Waals surface area contributed by atoms with Crippen LogP contribution in [0.15, 0.2) is 88.7 Å². The molecule has 1 unspecified atom stereocenters. The maximum atomic E-state index is 13.3. The number of esters is 1. The molecule has 0 radical (unpaired) electrons. The zero-order valence-electron chi connectivity index (χ0n) is 21.8. The maximum Gasteiger partial charge on any atom is 0.338 e. The lowest BCUT2D eigenvalue weighted by atomic mass is 9.82. The van der Waals surface area contributed by atoms with E-state index in [2.05, 4.69) is 36.0 Å². The highest BCUT2D eigenvalue weighted by Crippen LogP contribution is 2.41. The fraction of sp³-hybridized carbons (Fsp3) is 0.233. The van der Waals surface area contributed by atoms with E-state index in [4.69, 9.17) is 15.2 Å². The Balaban J connectivity index is 1.76. The molecule has 2 N–H and O–H groups in total. The van der Waals surface area contributed by atoms with Crippen molar-refractivity contribution in [2.24, 2.45) is 5.73 Å². The number of pyridine rings is 2. The van der Waals surface area contributed by atoms with Crippen molar-refractivity contribution in [3.05, 3.63) is 100 Å². The Morgan fingerprint density at radius 2 is 1.82 bits per heavy atom. The zero-order valence-corrected chi connectivity index (χ0v) is 22.7. The van der Waals surface area contributed by atoms with Crippen molar-refractivity contribution < 1.29 is 14.3 Å². The van der Waals surface area contributed by atoms with Gasteiger partial charge in [-0.3, -0.25) is 4.98 Å². The van der Waals surface area contributed by atoms with Gasteiger partial charge in [0.15, 0.2) is 0 Å². The maximum absolute atomic E-state index is 13.3. The van der Waals surface area contributed by atoms with Crippen LogP contribution in [0.2, 0.25) is 0 Å². The first-order chi connectivity index (χ1) is 18.9. The number of hydrogen-bond acceptors (Lipinski definition) is 9. The number of nitriles is 2. The molecule has 0 aliphatic carbocycles. The molecule has 0 bridgehead atoms. The Kier molecular flexibility index (Phi) is 8.65. The zero-order chi connectivity index (χ0) is 27.9. The van der Waals surface area contributed by atoms with E-state index < -0.39 is 11.9 Å². The van der Waals surface area contributed by atoms with Gasteiger partial charge in [-0.25, -0.2) is 9.78 Å². The Bertz CT molecular complexity index is 1520. The molecule has 1 aliphatic heterocycles. The van der Waals surface area contributed by atoms with Crippen LogP contribution in [-0.2, 0) is 14.3 Å². The van der Waals surface area contributed by atoms with Crippen LogP contribution in [0.4, 0.5) is 0 Å². The van der Waals surface area contributed by atoms with Crippen LogP contribution in [0.25, 0.3) is 11.3 Å². The molecule has 0 amide bonds. The van der Waals surface area contributed by atoms with Crippen LogP contribution in [0.3, 0.4) is 0 Å². The van der Waals surface area contributed by atoms with Crippen LogP contribution in [-0.4, -0.2) is 28.3 Å². The van der Waals surface area contributed by atoms with Gasteiger partial charge in [0.2, 0.25) is 5.88 Å². The van der Waals surface area contributed by atoms with E-state index >= 15 is 0 Å². The summed E-state index contributed by atoms with van der Waals surface area (Å²) < 4.78 is 11.3. The van der Waals surface area contributed by atoms with Crippen LogP contribution in [0, 0.1) is 22.7 Å². The van der Waals surface area contributed by atoms with Gasteiger partial charge in [0.25, 0.3) is 0 Å². The molecule has 39 heavy (non-hydrogen) atoms. The number of nitrogens with zero attached hydrogens (tertiary/aromatic N) is 4. The smallest absolute Gasteiger partial charge is 0.338 e. The number of hydrogen-bond donors (Lipinski definition) is 1. The molecule has 9 heteroatoms. The van der Waals surface area contributed by atoms with Crippen molar-refractivity contribution in [1.29, 1.82) is 10.5 Å². The normalized spacial score (nSPS) is 15.0. The first-order valence-electron chi connectivity index (χ1n) is 12.4. The number of aromatic nitrogens is 2. The van der Waals surface area contributed by atoms with Crippen LogP contribution in [0.5, 0.6) is 0 Å². The molecule has 1 aromatic carbocycles. The molecule has 0 saturated carbocycles. The van der Waals surface area contributed by atoms with Gasteiger partial charge in [0.05, 0.1) is 35.1 Å². The molecule has 0 spiro atoms. The van der Waals surface area contributed by atoms with Gasteiger partial charge in [-0.2, -0.15) is 10.5 Å². The van der Waals surface area contributed by atoms with E-state index in [0.717, 1.165) is 16.7 Å². The fourth-order valence-electron chi connectivity index (χ4n) is 4.22. The van der Waals surface area contributed by atoms with Gasteiger partial charge in [0.1, 0.15) is 28.5 Å². The third-order valence-corrected chi connectivity index (χ3v) is 7.22. The number of thioether (sulfide) groups is 1. The number of carbonyl (C=O) groups excluding carboxylic acids is 1. The van der Waals surface area contributed by atoms with Crippen LogP contribution < -0.4 is 5.73 Å². The largest absolute Gasteiger partial charge is 0.463 e. The summed E-state index contributed by atoms with van der Waals surface area (Å²) in [5.41, 5.74) is 10.3. The monoisotopic (exact) mass is 537 g/mol. The molecular weight excluding hydrogens is 510 g/mol. The summed E-state index contributed by atoms with van der Waals surface area (Å²) in [5, 5.41) is 20.1. The van der Waals surface area contributed by atoms with Gasteiger partial charge < -0.3 is 15.2 Å². The Labute approximate surface area is 231 Å². The topological polar surface area (TPSA) is 135 Å². The minimum atomic E-state index is -0.758. The van der Waals surface area contributed by atoms with E-state index in [1.807, 2.05) is 36.4 Å². The lowest BCUT2D eigenvalue weighted by molar-refractivity contribution is -0.139. The molecular formula is C30H27N5O3S. The second kappa shape index (κ2) is 12.3. The lowest BCUT2D eigenvalue weighted by Gasteiger charge is -2.28. The number of nitrogens with two attached hydrogens (primary N) is 1. The van der Waals surface area contributed by atoms with Gasteiger partial charge in [-0.15, -0.1) is 0 Å². The molecule has 196 valence electrons. The van der Waals surface area contributed by atoms with Crippen molar-refractivity contribution in [3.63, 3.8) is 0 Å². The molecule has 0 saturated heterocycles. The fourth-order valence-corrected chi connectivity index (χ4v) is 5.13. The van der Waals surface area contributed by atoms with Crippen molar-refractivity contribution in [3.8, 4) is 23.4 Å². The SMILES string of the molecule is CCOC(=O)C1=C(CSc2nc(-c3ccncc3)ccc2C#N)OC(N)=C(C#N)C1c1ccc(C(C)C)cc1. The van der Waals surface area contributed by atoms with E-state index in [-0.39, 0.29) is 35.1 Å². The standard InChI is InChI=1S/C30H27N5O3S/c1-4-37-30(36)27-25(17-39-29-22(15-31)9-10-24(35-29)20-11-13-34-14-12-20)38-28(33)23(16-32)26(27)21-7-5-19(6-8-21)18(2)3/h5-14,18,26H,4,17,33H2,1-3H3. The number of benzene rings is 1. The van der Waals surface area contributed by atoms with E-state index in [1.165, 1.54) is 11.8 Å². The first kappa shape index (κ1) is 27.4. The van der Waals surface area contributed by atoms with Gasteiger partial charge >= 0.3 is 5.97 Å². The average molecular weight is 538 g/mol. The van der Waals surface area contributed by atoms with Crippen LogP contribution >= 0.6 is 11.8 Å². The summed E-state index contributed by atoms with van der Waals surface area (Å²) in [6.07, 6.45) is 3.34. The average Bonchev–Trinajstić information content (AvgIpc) is 2.96. The highest BCUT2D eigenvalue weighted by Gasteiger charge is 2.37. The highest BCUT2D eigenvalue weighted by molar-refractivity contribution is 7.99.